The third-order valence-corrected chi connectivity index (χ3v) is 4.50. The van der Waals surface area contributed by atoms with Crippen LogP contribution in [0.5, 0.6) is 0 Å². The van der Waals surface area contributed by atoms with Crippen LogP contribution in [0.2, 0.25) is 0 Å². The van der Waals surface area contributed by atoms with Crippen molar-refractivity contribution in [1.29, 1.82) is 0 Å². The molecular weight excluding hydrogens is 332 g/mol. The zero-order chi connectivity index (χ0) is 18.5. The zero-order valence-electron chi connectivity index (χ0n) is 14.8. The molecule has 1 saturated heterocycles. The molecule has 8 heteroatoms. The van der Waals surface area contributed by atoms with Gasteiger partial charge in [-0.15, -0.1) is 0 Å². The van der Waals surface area contributed by atoms with E-state index in [1.54, 1.807) is 36.8 Å². The molecule has 2 amide bonds. The van der Waals surface area contributed by atoms with Gasteiger partial charge in [0.05, 0.1) is 12.4 Å². The predicted molar refractivity (Wildman–Crippen MR) is 98.7 cm³/mol. The lowest BCUT2D eigenvalue weighted by atomic mass is 10.1. The number of H-pyrrole nitrogens is 1. The van der Waals surface area contributed by atoms with Crippen molar-refractivity contribution in [3.63, 3.8) is 0 Å². The molecule has 0 spiro atoms. The summed E-state index contributed by atoms with van der Waals surface area (Å²) in [5, 5.41) is 2.78. The minimum atomic E-state index is -0.701. The Labute approximate surface area is 152 Å². The minimum absolute atomic E-state index is 0.0176. The number of nitrogens with zero attached hydrogens (tertiary/aromatic N) is 3. The molecular formula is C18H24N6O2. The molecule has 0 saturated carbocycles. The highest BCUT2D eigenvalue weighted by Crippen LogP contribution is 2.14. The molecule has 1 aliphatic heterocycles. The van der Waals surface area contributed by atoms with Crippen LogP contribution < -0.4 is 11.1 Å². The van der Waals surface area contributed by atoms with E-state index in [1.165, 1.54) is 0 Å². The number of aromatic amines is 1. The third kappa shape index (κ3) is 4.47. The fraction of sp³-hybridized carbons (Fsp3) is 0.389. The standard InChI is InChI=1S/C18H24N6O2/c1-23-5-7-24(8-6-23)18(26)13-3-2-4-14(9-13)22-17(25)16(19)10-15-11-20-12-21-15/h2-4,9,11-12,16H,5-8,10,19H2,1H3,(H,20,21)(H,22,25)/t16-/m0/s1. The van der Waals surface area contributed by atoms with Gasteiger partial charge in [-0.2, -0.15) is 0 Å². The minimum Gasteiger partial charge on any atom is -0.348 e. The number of aromatic nitrogens is 2. The summed E-state index contributed by atoms with van der Waals surface area (Å²) in [6.45, 7) is 3.15. The number of imidazole rings is 1. The topological polar surface area (TPSA) is 107 Å². The fourth-order valence-electron chi connectivity index (χ4n) is 2.88. The Morgan fingerprint density at radius 2 is 2.08 bits per heavy atom. The zero-order valence-corrected chi connectivity index (χ0v) is 14.8. The molecule has 0 radical (unpaired) electrons. The molecule has 0 bridgehead atoms. The first kappa shape index (κ1) is 18.1. The van der Waals surface area contributed by atoms with E-state index in [9.17, 15) is 9.59 Å². The van der Waals surface area contributed by atoms with Crippen LogP contribution in [0.25, 0.3) is 0 Å². The van der Waals surface area contributed by atoms with E-state index in [4.69, 9.17) is 5.73 Å². The predicted octanol–water partition coefficient (Wildman–Crippen LogP) is 0.306. The summed E-state index contributed by atoms with van der Waals surface area (Å²) in [4.78, 5) is 35.8. The van der Waals surface area contributed by atoms with Crippen molar-refractivity contribution in [3.8, 4) is 0 Å². The summed E-state index contributed by atoms with van der Waals surface area (Å²) in [5.41, 5.74) is 7.87. The fourth-order valence-corrected chi connectivity index (χ4v) is 2.88. The summed E-state index contributed by atoms with van der Waals surface area (Å²) in [5.74, 6) is -0.320. The number of anilines is 1. The molecule has 26 heavy (non-hydrogen) atoms. The van der Waals surface area contributed by atoms with Gasteiger partial charge in [0.2, 0.25) is 5.91 Å². The van der Waals surface area contributed by atoms with E-state index in [0.717, 1.165) is 18.8 Å². The lowest BCUT2D eigenvalue weighted by molar-refractivity contribution is -0.117. The van der Waals surface area contributed by atoms with Gasteiger partial charge in [0.1, 0.15) is 0 Å². The molecule has 0 aliphatic carbocycles. The molecule has 1 atom stereocenters. The molecule has 8 nitrogen and oxygen atoms in total. The Kier molecular flexibility index (Phi) is 5.65. The number of nitrogens with one attached hydrogen (secondary N) is 2. The van der Waals surface area contributed by atoms with E-state index in [2.05, 4.69) is 20.2 Å². The second-order valence-corrected chi connectivity index (χ2v) is 6.55. The first-order valence-electron chi connectivity index (χ1n) is 8.64. The van der Waals surface area contributed by atoms with Crippen molar-refractivity contribution in [3.05, 3.63) is 48.0 Å². The highest BCUT2D eigenvalue weighted by atomic mass is 16.2. The van der Waals surface area contributed by atoms with Gasteiger partial charge in [0, 0.05) is 55.7 Å². The van der Waals surface area contributed by atoms with Crippen molar-refractivity contribution in [1.82, 2.24) is 19.8 Å². The number of likely N-dealkylation sites (N-methyl/N-ethyl adjacent to an activating group) is 1. The van der Waals surface area contributed by atoms with E-state index in [-0.39, 0.29) is 11.8 Å². The first-order chi connectivity index (χ1) is 12.5. The maximum absolute atomic E-state index is 12.6. The van der Waals surface area contributed by atoms with Crippen molar-refractivity contribution in [2.24, 2.45) is 5.73 Å². The summed E-state index contributed by atoms with van der Waals surface area (Å²) in [6, 6.07) is 6.27. The van der Waals surface area contributed by atoms with E-state index >= 15 is 0 Å². The van der Waals surface area contributed by atoms with E-state index < -0.39 is 6.04 Å². The molecule has 1 aromatic heterocycles. The van der Waals surface area contributed by atoms with Crippen molar-refractivity contribution >= 4 is 17.5 Å². The number of rotatable bonds is 5. The Morgan fingerprint density at radius 3 is 2.77 bits per heavy atom. The number of hydrogen-bond acceptors (Lipinski definition) is 5. The van der Waals surface area contributed by atoms with E-state index in [0.29, 0.717) is 30.8 Å². The average Bonchev–Trinajstić information content (AvgIpc) is 3.15. The summed E-state index contributed by atoms with van der Waals surface area (Å²) >= 11 is 0. The summed E-state index contributed by atoms with van der Waals surface area (Å²) in [7, 11) is 2.05. The highest BCUT2D eigenvalue weighted by Gasteiger charge is 2.21. The number of carbonyl (C=O) groups is 2. The van der Waals surface area contributed by atoms with Crippen LogP contribution in [0.3, 0.4) is 0 Å². The Hall–Kier alpha value is -2.71. The van der Waals surface area contributed by atoms with Gasteiger partial charge >= 0.3 is 0 Å². The average molecular weight is 356 g/mol. The Morgan fingerprint density at radius 1 is 1.31 bits per heavy atom. The monoisotopic (exact) mass is 356 g/mol. The number of carbonyl (C=O) groups excluding carboxylic acids is 2. The second-order valence-electron chi connectivity index (χ2n) is 6.55. The van der Waals surface area contributed by atoms with Crippen LogP contribution in [0.1, 0.15) is 16.1 Å². The maximum atomic E-state index is 12.6. The summed E-state index contributed by atoms with van der Waals surface area (Å²) < 4.78 is 0. The third-order valence-electron chi connectivity index (χ3n) is 4.50. The van der Waals surface area contributed by atoms with Gasteiger partial charge in [0.15, 0.2) is 0 Å². The number of amides is 2. The molecule has 1 fully saturated rings. The van der Waals surface area contributed by atoms with Gasteiger partial charge in [-0.1, -0.05) is 6.07 Å². The molecule has 3 rings (SSSR count). The molecule has 0 unspecified atom stereocenters. The van der Waals surface area contributed by atoms with Crippen LogP contribution in [0, 0.1) is 0 Å². The molecule has 138 valence electrons. The smallest absolute Gasteiger partial charge is 0.254 e. The van der Waals surface area contributed by atoms with Crippen molar-refractivity contribution in [2.45, 2.75) is 12.5 Å². The second kappa shape index (κ2) is 8.11. The normalized spacial score (nSPS) is 16.3. The van der Waals surface area contributed by atoms with Crippen LogP contribution in [-0.2, 0) is 11.2 Å². The number of nitrogens with two attached hydrogens (primary N) is 1. The van der Waals surface area contributed by atoms with Crippen LogP contribution in [0.4, 0.5) is 5.69 Å². The van der Waals surface area contributed by atoms with Crippen LogP contribution in [-0.4, -0.2) is 70.9 Å². The van der Waals surface area contributed by atoms with Crippen LogP contribution in [0.15, 0.2) is 36.8 Å². The summed E-state index contributed by atoms with van der Waals surface area (Å²) in [6.07, 6.45) is 3.56. The van der Waals surface area contributed by atoms with Gasteiger partial charge in [-0.05, 0) is 25.2 Å². The lowest BCUT2D eigenvalue weighted by Crippen LogP contribution is -2.47. The molecule has 2 aromatic rings. The SMILES string of the molecule is CN1CCN(C(=O)c2cccc(NC(=O)[C@@H](N)Cc3cnc[nH]3)c2)CC1. The van der Waals surface area contributed by atoms with Gasteiger partial charge in [-0.3, -0.25) is 9.59 Å². The Bertz CT molecular complexity index is 753. The highest BCUT2D eigenvalue weighted by molar-refractivity contribution is 5.98. The Balaban J connectivity index is 1.61. The molecule has 1 aliphatic rings. The number of hydrogen-bond donors (Lipinski definition) is 3. The van der Waals surface area contributed by atoms with Crippen LogP contribution >= 0.6 is 0 Å². The van der Waals surface area contributed by atoms with Crippen molar-refractivity contribution in [2.75, 3.05) is 38.5 Å². The van der Waals surface area contributed by atoms with Gasteiger partial charge in [-0.25, -0.2) is 4.98 Å². The van der Waals surface area contributed by atoms with E-state index in [1.807, 2.05) is 11.9 Å². The quantitative estimate of drug-likeness (QED) is 0.714. The molecule has 4 N–H and O–H groups in total. The van der Waals surface area contributed by atoms with Crippen molar-refractivity contribution < 1.29 is 9.59 Å². The number of benzene rings is 1. The largest absolute Gasteiger partial charge is 0.348 e. The molecule has 1 aromatic carbocycles. The number of piperazine rings is 1. The molecule has 2 heterocycles. The first-order valence-corrected chi connectivity index (χ1v) is 8.64. The lowest BCUT2D eigenvalue weighted by Gasteiger charge is -2.32. The maximum Gasteiger partial charge on any atom is 0.254 e. The van der Waals surface area contributed by atoms with Gasteiger partial charge < -0.3 is 25.8 Å². The van der Waals surface area contributed by atoms with Gasteiger partial charge in [0.25, 0.3) is 5.91 Å².